The summed E-state index contributed by atoms with van der Waals surface area (Å²) >= 11 is 0. The molecule has 0 radical (unpaired) electrons. The van der Waals surface area contributed by atoms with Crippen molar-refractivity contribution in [2.75, 3.05) is 6.54 Å². The molecule has 0 unspecified atom stereocenters. The normalized spacial score (nSPS) is 19.0. The highest BCUT2D eigenvalue weighted by Gasteiger charge is 2.31. The molecule has 1 aliphatic rings. The minimum Gasteiger partial charge on any atom is -0.390 e. The van der Waals surface area contributed by atoms with Gasteiger partial charge in [-0.25, -0.2) is 4.79 Å². The molecule has 0 aromatic heterocycles. The fraction of sp³-hybridized carbons (Fsp3) is 0.350. The number of fused-ring (bicyclic) bond motifs is 1. The monoisotopic (exact) mass is 324 g/mol. The Kier molecular flexibility index (Phi) is 4.86. The number of rotatable bonds is 4. The third-order valence-electron chi connectivity index (χ3n) is 4.80. The molecule has 4 nitrogen and oxygen atoms in total. The van der Waals surface area contributed by atoms with Gasteiger partial charge in [-0.2, -0.15) is 0 Å². The van der Waals surface area contributed by atoms with Crippen LogP contribution in [0.2, 0.25) is 0 Å². The third kappa shape index (κ3) is 3.44. The highest BCUT2D eigenvalue weighted by atomic mass is 16.3. The predicted molar refractivity (Wildman–Crippen MR) is 95.0 cm³/mol. The Labute approximate surface area is 142 Å². The van der Waals surface area contributed by atoms with Gasteiger partial charge in [-0.3, -0.25) is 0 Å². The lowest BCUT2D eigenvalue weighted by Crippen LogP contribution is -2.41. The van der Waals surface area contributed by atoms with Crippen molar-refractivity contribution in [3.8, 4) is 0 Å². The molecule has 0 bridgehead atoms. The van der Waals surface area contributed by atoms with Crippen molar-refractivity contribution in [1.29, 1.82) is 0 Å². The lowest BCUT2D eigenvalue weighted by Gasteiger charge is -2.18. The predicted octanol–water partition coefficient (Wildman–Crippen LogP) is 2.80. The Morgan fingerprint density at radius 3 is 2.58 bits per heavy atom. The fourth-order valence-corrected chi connectivity index (χ4v) is 3.48. The standard InChI is InChI=1S/C20H24N2O2/c1-13-6-5-7-14(2)16(13)10-11-21-20(24)22-19-17-9-4-3-8-15(17)12-18(19)23/h3-9,18-19,23H,10-12H2,1-2H3,(H2,21,22,24)/t18-,19+/m0/s1. The molecule has 2 aromatic carbocycles. The summed E-state index contributed by atoms with van der Waals surface area (Å²) in [5.41, 5.74) is 5.89. The molecule has 1 aliphatic carbocycles. The summed E-state index contributed by atoms with van der Waals surface area (Å²) < 4.78 is 0. The highest BCUT2D eigenvalue weighted by molar-refractivity contribution is 5.74. The van der Waals surface area contributed by atoms with E-state index in [1.165, 1.54) is 16.7 Å². The minimum atomic E-state index is -0.563. The van der Waals surface area contributed by atoms with E-state index in [0.717, 1.165) is 17.5 Å². The van der Waals surface area contributed by atoms with E-state index >= 15 is 0 Å². The quantitative estimate of drug-likeness (QED) is 0.810. The first kappa shape index (κ1) is 16.5. The summed E-state index contributed by atoms with van der Waals surface area (Å²) in [5, 5.41) is 16.0. The molecule has 24 heavy (non-hydrogen) atoms. The lowest BCUT2D eigenvalue weighted by atomic mass is 10.0. The number of carbonyl (C=O) groups is 1. The number of nitrogens with one attached hydrogen (secondary N) is 2. The summed E-state index contributed by atoms with van der Waals surface area (Å²) in [6, 6.07) is 13.5. The van der Waals surface area contributed by atoms with Gasteiger partial charge in [0.2, 0.25) is 0 Å². The van der Waals surface area contributed by atoms with Crippen LogP contribution in [0.5, 0.6) is 0 Å². The van der Waals surface area contributed by atoms with Gasteiger partial charge in [0.05, 0.1) is 12.1 Å². The second kappa shape index (κ2) is 7.05. The topological polar surface area (TPSA) is 61.4 Å². The zero-order chi connectivity index (χ0) is 17.1. The van der Waals surface area contributed by atoms with E-state index in [1.807, 2.05) is 30.3 Å². The molecule has 0 spiro atoms. The second-order valence-corrected chi connectivity index (χ2v) is 6.47. The molecule has 2 aromatic rings. The summed E-state index contributed by atoms with van der Waals surface area (Å²) in [5.74, 6) is 0. The van der Waals surface area contributed by atoms with Crippen LogP contribution in [0.3, 0.4) is 0 Å². The summed E-state index contributed by atoms with van der Waals surface area (Å²) in [7, 11) is 0. The molecule has 2 atom stereocenters. The molecule has 0 saturated heterocycles. The van der Waals surface area contributed by atoms with Crippen LogP contribution >= 0.6 is 0 Å². The van der Waals surface area contributed by atoms with Crippen LogP contribution in [0.25, 0.3) is 0 Å². The van der Waals surface area contributed by atoms with Crippen molar-refractivity contribution < 1.29 is 9.90 Å². The number of aliphatic hydroxyl groups is 1. The molecule has 126 valence electrons. The van der Waals surface area contributed by atoms with Gasteiger partial charge in [0.1, 0.15) is 0 Å². The maximum atomic E-state index is 12.2. The average Bonchev–Trinajstić information content (AvgIpc) is 2.86. The van der Waals surface area contributed by atoms with Crippen molar-refractivity contribution in [2.24, 2.45) is 0 Å². The SMILES string of the molecule is Cc1cccc(C)c1CCNC(=O)N[C@@H]1c2ccccc2C[C@@H]1O. The first-order valence-corrected chi connectivity index (χ1v) is 8.41. The zero-order valence-corrected chi connectivity index (χ0v) is 14.2. The van der Waals surface area contributed by atoms with Crippen molar-refractivity contribution in [3.63, 3.8) is 0 Å². The first-order chi connectivity index (χ1) is 11.6. The van der Waals surface area contributed by atoms with Gasteiger partial charge in [-0.05, 0) is 48.1 Å². The minimum absolute atomic E-state index is 0.234. The van der Waals surface area contributed by atoms with Crippen molar-refractivity contribution >= 4 is 6.03 Å². The Morgan fingerprint density at radius 1 is 1.12 bits per heavy atom. The molecular formula is C20H24N2O2. The first-order valence-electron chi connectivity index (χ1n) is 8.41. The van der Waals surface area contributed by atoms with Crippen molar-refractivity contribution in [2.45, 2.75) is 38.8 Å². The molecule has 4 heteroatoms. The summed E-state index contributed by atoms with van der Waals surface area (Å²) in [4.78, 5) is 12.2. The van der Waals surface area contributed by atoms with Crippen LogP contribution in [0.15, 0.2) is 42.5 Å². The average molecular weight is 324 g/mol. The van der Waals surface area contributed by atoms with E-state index in [1.54, 1.807) is 0 Å². The Hall–Kier alpha value is -2.33. The second-order valence-electron chi connectivity index (χ2n) is 6.47. The van der Waals surface area contributed by atoms with E-state index in [2.05, 4.69) is 36.6 Å². The molecule has 0 fully saturated rings. The van der Waals surface area contributed by atoms with Crippen molar-refractivity contribution in [1.82, 2.24) is 10.6 Å². The Morgan fingerprint density at radius 2 is 1.83 bits per heavy atom. The molecule has 0 heterocycles. The van der Waals surface area contributed by atoms with Gasteiger partial charge in [-0.1, -0.05) is 42.5 Å². The van der Waals surface area contributed by atoms with E-state index in [-0.39, 0.29) is 12.1 Å². The maximum Gasteiger partial charge on any atom is 0.315 e. The van der Waals surface area contributed by atoms with Gasteiger partial charge in [-0.15, -0.1) is 0 Å². The van der Waals surface area contributed by atoms with Crippen LogP contribution in [0.1, 0.15) is 33.9 Å². The van der Waals surface area contributed by atoms with Crippen molar-refractivity contribution in [3.05, 3.63) is 70.3 Å². The molecule has 3 rings (SSSR count). The number of hydrogen-bond acceptors (Lipinski definition) is 2. The molecule has 3 N–H and O–H groups in total. The van der Waals surface area contributed by atoms with Crippen LogP contribution in [-0.4, -0.2) is 23.8 Å². The van der Waals surface area contributed by atoms with E-state index in [9.17, 15) is 9.90 Å². The zero-order valence-electron chi connectivity index (χ0n) is 14.2. The Balaban J connectivity index is 1.55. The number of benzene rings is 2. The fourth-order valence-electron chi connectivity index (χ4n) is 3.48. The lowest BCUT2D eigenvalue weighted by molar-refractivity contribution is 0.142. The number of aryl methyl sites for hydroxylation is 2. The molecule has 0 saturated carbocycles. The number of urea groups is 1. The molecular weight excluding hydrogens is 300 g/mol. The number of hydrogen-bond donors (Lipinski definition) is 3. The smallest absolute Gasteiger partial charge is 0.315 e. The van der Waals surface area contributed by atoms with Crippen LogP contribution in [0.4, 0.5) is 4.79 Å². The summed E-state index contributed by atoms with van der Waals surface area (Å²) in [6.45, 7) is 4.75. The van der Waals surface area contributed by atoms with Gasteiger partial charge >= 0.3 is 6.03 Å². The largest absolute Gasteiger partial charge is 0.390 e. The highest BCUT2D eigenvalue weighted by Crippen LogP contribution is 2.31. The van der Waals surface area contributed by atoms with E-state index < -0.39 is 6.10 Å². The van der Waals surface area contributed by atoms with Gasteiger partial charge in [0.15, 0.2) is 0 Å². The van der Waals surface area contributed by atoms with E-state index in [4.69, 9.17) is 0 Å². The third-order valence-corrected chi connectivity index (χ3v) is 4.80. The van der Waals surface area contributed by atoms with Gasteiger partial charge < -0.3 is 15.7 Å². The number of carbonyl (C=O) groups excluding carboxylic acids is 1. The van der Waals surface area contributed by atoms with Crippen LogP contribution < -0.4 is 10.6 Å². The van der Waals surface area contributed by atoms with Gasteiger partial charge in [0.25, 0.3) is 0 Å². The summed E-state index contributed by atoms with van der Waals surface area (Å²) in [6.07, 6.45) is 0.825. The molecule has 2 amide bonds. The molecule has 0 aliphatic heterocycles. The van der Waals surface area contributed by atoms with Crippen LogP contribution in [0, 0.1) is 13.8 Å². The number of amides is 2. The Bertz CT molecular complexity index is 722. The van der Waals surface area contributed by atoms with E-state index in [0.29, 0.717) is 13.0 Å². The van der Waals surface area contributed by atoms with Gasteiger partial charge in [0, 0.05) is 13.0 Å². The number of aliphatic hydroxyl groups excluding tert-OH is 1. The maximum absolute atomic E-state index is 12.2. The van der Waals surface area contributed by atoms with Crippen LogP contribution in [-0.2, 0) is 12.8 Å².